The Morgan fingerprint density at radius 2 is 2.56 bits per heavy atom. The van der Waals surface area contributed by atoms with Crippen molar-refractivity contribution in [3.63, 3.8) is 0 Å². The molecule has 0 N–H and O–H groups in total. The SMILES string of the molecule is COCC1CCCN(Cc2cnc(Cl)s2)C1. The second-order valence-electron chi connectivity index (χ2n) is 4.28. The summed E-state index contributed by atoms with van der Waals surface area (Å²) >= 11 is 7.40. The van der Waals surface area contributed by atoms with Crippen molar-refractivity contribution in [1.29, 1.82) is 0 Å². The lowest BCUT2D eigenvalue weighted by atomic mass is 9.99. The molecule has 1 aromatic heterocycles. The van der Waals surface area contributed by atoms with Crippen LogP contribution in [-0.2, 0) is 11.3 Å². The van der Waals surface area contributed by atoms with Gasteiger partial charge in [-0.3, -0.25) is 4.90 Å². The van der Waals surface area contributed by atoms with Crippen LogP contribution >= 0.6 is 22.9 Å². The van der Waals surface area contributed by atoms with Crippen LogP contribution < -0.4 is 0 Å². The van der Waals surface area contributed by atoms with Crippen LogP contribution in [0.1, 0.15) is 17.7 Å². The molecule has 5 heteroatoms. The van der Waals surface area contributed by atoms with Crippen molar-refractivity contribution in [1.82, 2.24) is 9.88 Å². The number of nitrogens with zero attached hydrogens (tertiary/aromatic N) is 2. The van der Waals surface area contributed by atoms with Gasteiger partial charge in [-0.15, -0.1) is 11.3 Å². The third kappa shape index (κ3) is 3.42. The highest BCUT2D eigenvalue weighted by molar-refractivity contribution is 7.15. The Morgan fingerprint density at radius 1 is 1.69 bits per heavy atom. The van der Waals surface area contributed by atoms with Crippen molar-refractivity contribution in [2.24, 2.45) is 5.92 Å². The topological polar surface area (TPSA) is 25.4 Å². The van der Waals surface area contributed by atoms with E-state index in [4.69, 9.17) is 16.3 Å². The van der Waals surface area contributed by atoms with Crippen molar-refractivity contribution in [3.8, 4) is 0 Å². The van der Waals surface area contributed by atoms with Gasteiger partial charge in [0.25, 0.3) is 0 Å². The number of ether oxygens (including phenoxy) is 1. The normalized spacial score (nSPS) is 22.5. The first kappa shape index (κ1) is 12.3. The van der Waals surface area contributed by atoms with Crippen LogP contribution in [0.5, 0.6) is 0 Å². The van der Waals surface area contributed by atoms with Gasteiger partial charge in [0.15, 0.2) is 4.47 Å². The zero-order valence-electron chi connectivity index (χ0n) is 9.49. The number of thiazole rings is 1. The Labute approximate surface area is 105 Å². The van der Waals surface area contributed by atoms with Crippen LogP contribution in [0.25, 0.3) is 0 Å². The molecule has 2 rings (SSSR count). The fourth-order valence-electron chi connectivity index (χ4n) is 2.24. The molecule has 1 aromatic rings. The van der Waals surface area contributed by atoms with Crippen LogP contribution in [0.15, 0.2) is 6.20 Å². The summed E-state index contributed by atoms with van der Waals surface area (Å²) in [6.45, 7) is 4.16. The number of halogens is 1. The van der Waals surface area contributed by atoms with E-state index in [1.54, 1.807) is 18.4 Å². The molecule has 0 amide bonds. The molecular formula is C11H17ClN2OS. The minimum Gasteiger partial charge on any atom is -0.384 e. The Hall–Kier alpha value is -0.160. The molecule has 0 radical (unpaired) electrons. The maximum absolute atomic E-state index is 5.83. The van der Waals surface area contributed by atoms with Crippen molar-refractivity contribution in [2.75, 3.05) is 26.8 Å². The molecule has 1 atom stereocenters. The van der Waals surface area contributed by atoms with Gasteiger partial charge in [0, 0.05) is 31.3 Å². The van der Waals surface area contributed by atoms with Crippen LogP contribution in [0.4, 0.5) is 0 Å². The van der Waals surface area contributed by atoms with Crippen LogP contribution in [-0.4, -0.2) is 36.7 Å². The molecule has 0 aromatic carbocycles. The molecule has 1 aliphatic rings. The summed E-state index contributed by atoms with van der Waals surface area (Å²) in [7, 11) is 1.78. The molecule has 0 saturated carbocycles. The molecule has 1 unspecified atom stereocenters. The van der Waals surface area contributed by atoms with Gasteiger partial charge in [0.05, 0.1) is 6.61 Å². The predicted molar refractivity (Wildman–Crippen MR) is 67.0 cm³/mol. The fourth-order valence-corrected chi connectivity index (χ4v) is 3.26. The first-order chi connectivity index (χ1) is 7.78. The number of hydrogen-bond acceptors (Lipinski definition) is 4. The van der Waals surface area contributed by atoms with E-state index in [1.807, 2.05) is 6.20 Å². The maximum Gasteiger partial charge on any atom is 0.183 e. The summed E-state index contributed by atoms with van der Waals surface area (Å²) in [5.74, 6) is 0.683. The van der Waals surface area contributed by atoms with Gasteiger partial charge in [-0.1, -0.05) is 11.6 Å². The van der Waals surface area contributed by atoms with E-state index in [0.29, 0.717) is 10.4 Å². The molecule has 1 fully saturated rings. The molecule has 0 spiro atoms. The first-order valence-corrected chi connectivity index (χ1v) is 6.79. The van der Waals surface area contributed by atoms with Gasteiger partial charge in [-0.05, 0) is 25.3 Å². The largest absolute Gasteiger partial charge is 0.384 e. The fraction of sp³-hybridized carbons (Fsp3) is 0.727. The second kappa shape index (κ2) is 5.96. The molecule has 16 heavy (non-hydrogen) atoms. The first-order valence-electron chi connectivity index (χ1n) is 5.59. The molecular weight excluding hydrogens is 244 g/mol. The molecule has 1 aliphatic heterocycles. The van der Waals surface area contributed by atoms with Gasteiger partial charge >= 0.3 is 0 Å². The Balaban J connectivity index is 1.85. The lowest BCUT2D eigenvalue weighted by Gasteiger charge is -2.31. The summed E-state index contributed by atoms with van der Waals surface area (Å²) in [6.07, 6.45) is 4.43. The molecule has 90 valence electrons. The monoisotopic (exact) mass is 260 g/mol. The quantitative estimate of drug-likeness (QED) is 0.832. The number of aromatic nitrogens is 1. The number of piperidine rings is 1. The average Bonchev–Trinajstić information content (AvgIpc) is 2.65. The van der Waals surface area contributed by atoms with E-state index in [1.165, 1.54) is 24.3 Å². The van der Waals surface area contributed by atoms with Crippen molar-refractivity contribution >= 4 is 22.9 Å². The highest BCUT2D eigenvalue weighted by Gasteiger charge is 2.20. The summed E-state index contributed by atoms with van der Waals surface area (Å²) in [5, 5.41) is 0. The van der Waals surface area contributed by atoms with Gasteiger partial charge in [-0.2, -0.15) is 0 Å². The van der Waals surface area contributed by atoms with Crippen LogP contribution in [0.3, 0.4) is 0 Å². The van der Waals surface area contributed by atoms with Crippen molar-refractivity contribution < 1.29 is 4.74 Å². The summed E-state index contributed by atoms with van der Waals surface area (Å²) in [4.78, 5) is 7.79. The van der Waals surface area contributed by atoms with Crippen LogP contribution in [0, 0.1) is 5.92 Å². The van der Waals surface area contributed by atoms with E-state index < -0.39 is 0 Å². The molecule has 3 nitrogen and oxygen atoms in total. The van der Waals surface area contributed by atoms with Crippen molar-refractivity contribution in [2.45, 2.75) is 19.4 Å². The minimum absolute atomic E-state index is 0.639. The van der Waals surface area contributed by atoms with E-state index in [0.717, 1.165) is 19.7 Å². The van der Waals surface area contributed by atoms with Gasteiger partial charge in [0.1, 0.15) is 0 Å². The van der Waals surface area contributed by atoms with Gasteiger partial charge in [-0.25, -0.2) is 4.98 Å². The number of hydrogen-bond donors (Lipinski definition) is 0. The smallest absolute Gasteiger partial charge is 0.183 e. The Morgan fingerprint density at radius 3 is 3.25 bits per heavy atom. The number of likely N-dealkylation sites (tertiary alicyclic amines) is 1. The predicted octanol–water partition coefficient (Wildman–Crippen LogP) is 2.65. The van der Waals surface area contributed by atoms with Gasteiger partial charge in [0.2, 0.25) is 0 Å². The molecule has 1 saturated heterocycles. The maximum atomic E-state index is 5.83. The van der Waals surface area contributed by atoms with E-state index >= 15 is 0 Å². The zero-order chi connectivity index (χ0) is 11.4. The minimum atomic E-state index is 0.639. The summed E-state index contributed by atoms with van der Waals surface area (Å²) < 4.78 is 5.87. The number of rotatable bonds is 4. The standard InChI is InChI=1S/C11H17ClN2OS/c1-15-8-9-3-2-4-14(6-9)7-10-5-13-11(12)16-10/h5,9H,2-4,6-8H2,1H3. The third-order valence-electron chi connectivity index (χ3n) is 2.91. The molecule has 2 heterocycles. The van der Waals surface area contributed by atoms with Crippen molar-refractivity contribution in [3.05, 3.63) is 15.5 Å². The Bertz CT molecular complexity index is 330. The second-order valence-corrected chi connectivity index (χ2v) is 5.98. The van der Waals surface area contributed by atoms with E-state index in [9.17, 15) is 0 Å². The highest BCUT2D eigenvalue weighted by Crippen LogP contribution is 2.23. The highest BCUT2D eigenvalue weighted by atomic mass is 35.5. The zero-order valence-corrected chi connectivity index (χ0v) is 11.1. The van der Waals surface area contributed by atoms with E-state index in [-0.39, 0.29) is 0 Å². The lowest BCUT2D eigenvalue weighted by molar-refractivity contribution is 0.0878. The average molecular weight is 261 g/mol. The molecule has 0 bridgehead atoms. The Kier molecular flexibility index (Phi) is 4.58. The van der Waals surface area contributed by atoms with E-state index in [2.05, 4.69) is 9.88 Å². The van der Waals surface area contributed by atoms with Crippen LogP contribution in [0.2, 0.25) is 4.47 Å². The summed E-state index contributed by atoms with van der Waals surface area (Å²) in [6, 6.07) is 0. The lowest BCUT2D eigenvalue weighted by Crippen LogP contribution is -2.36. The molecule has 0 aliphatic carbocycles. The van der Waals surface area contributed by atoms with Gasteiger partial charge < -0.3 is 4.74 Å². The summed E-state index contributed by atoms with van der Waals surface area (Å²) in [5.41, 5.74) is 0. The third-order valence-corrected chi connectivity index (χ3v) is 4.01. The number of methoxy groups -OCH3 is 1.